The Morgan fingerprint density at radius 3 is 2.64 bits per heavy atom. The van der Waals surface area contributed by atoms with Gasteiger partial charge in [-0.2, -0.15) is 0 Å². The number of nitrogens with one attached hydrogen (secondary N) is 2. The van der Waals surface area contributed by atoms with Gasteiger partial charge in [-0.1, -0.05) is 74.7 Å². The normalized spacial score (nSPS) is 15.3. The molecule has 1 aliphatic rings. The Morgan fingerprint density at radius 1 is 1.24 bits per heavy atom. The number of hydrogen-bond donors (Lipinski definition) is 2. The third kappa shape index (κ3) is 6.84. The van der Waals surface area contributed by atoms with E-state index < -0.39 is 0 Å². The first kappa shape index (κ1) is 25.3. The second-order valence-electron chi connectivity index (χ2n) is 8.61. The number of rotatable bonds is 10. The fraction of sp³-hybridized carbons (Fsp3) is 0.500. The Bertz CT molecular complexity index is 972. The van der Waals surface area contributed by atoms with Crippen LogP contribution in [0.5, 0.6) is 0 Å². The number of carbonyl (C=O) groups is 2. The first-order valence-electron chi connectivity index (χ1n) is 11.4. The van der Waals surface area contributed by atoms with Gasteiger partial charge in [0.15, 0.2) is 11.0 Å². The molecule has 2 N–H and O–H groups in total. The molecular formula is C24H32ClN5O2S. The third-order valence-electron chi connectivity index (χ3n) is 5.71. The molecule has 9 heteroatoms. The van der Waals surface area contributed by atoms with E-state index in [0.717, 1.165) is 12.8 Å². The number of halogens is 1. The SMILES string of the molecule is C=CCn1c(SCC(=O)NC2CCCCC2)nnc1[C@H](NC(=O)c1ccccc1Cl)C(C)C. The van der Waals surface area contributed by atoms with E-state index in [0.29, 0.717) is 28.1 Å². The number of nitrogens with zero attached hydrogens (tertiary/aromatic N) is 3. The molecule has 1 fully saturated rings. The van der Waals surface area contributed by atoms with Crippen LogP contribution >= 0.6 is 23.4 Å². The Balaban J connectivity index is 1.72. The highest BCUT2D eigenvalue weighted by Crippen LogP contribution is 2.26. The van der Waals surface area contributed by atoms with Crippen LogP contribution in [0.2, 0.25) is 5.02 Å². The average Bonchev–Trinajstić information content (AvgIpc) is 3.19. The molecule has 3 rings (SSSR count). The lowest BCUT2D eigenvalue weighted by Gasteiger charge is -2.23. The molecule has 1 saturated carbocycles. The Morgan fingerprint density at radius 2 is 1.97 bits per heavy atom. The number of aromatic nitrogens is 3. The average molecular weight is 490 g/mol. The van der Waals surface area contributed by atoms with Crippen molar-refractivity contribution in [2.75, 3.05) is 5.75 Å². The Kier molecular flexibility index (Phi) is 9.38. The molecule has 0 radical (unpaired) electrons. The summed E-state index contributed by atoms with van der Waals surface area (Å²) in [6.07, 6.45) is 7.45. The summed E-state index contributed by atoms with van der Waals surface area (Å²) in [7, 11) is 0. The van der Waals surface area contributed by atoms with E-state index >= 15 is 0 Å². The second-order valence-corrected chi connectivity index (χ2v) is 9.96. The van der Waals surface area contributed by atoms with E-state index in [1.165, 1.54) is 31.0 Å². The van der Waals surface area contributed by atoms with E-state index in [2.05, 4.69) is 27.4 Å². The second kappa shape index (κ2) is 12.2. The smallest absolute Gasteiger partial charge is 0.253 e. The third-order valence-corrected chi connectivity index (χ3v) is 7.01. The molecule has 0 saturated heterocycles. The van der Waals surface area contributed by atoms with Crippen LogP contribution in [0.15, 0.2) is 42.1 Å². The van der Waals surface area contributed by atoms with E-state index in [4.69, 9.17) is 11.6 Å². The monoisotopic (exact) mass is 489 g/mol. The molecule has 1 heterocycles. The first-order chi connectivity index (χ1) is 15.9. The van der Waals surface area contributed by atoms with Crippen LogP contribution in [-0.4, -0.2) is 38.4 Å². The molecule has 0 unspecified atom stereocenters. The van der Waals surface area contributed by atoms with Crippen molar-refractivity contribution in [1.82, 2.24) is 25.4 Å². The van der Waals surface area contributed by atoms with Crippen molar-refractivity contribution in [2.24, 2.45) is 5.92 Å². The molecule has 1 aliphatic carbocycles. The zero-order valence-corrected chi connectivity index (χ0v) is 20.8. The van der Waals surface area contributed by atoms with Crippen molar-refractivity contribution in [1.29, 1.82) is 0 Å². The van der Waals surface area contributed by atoms with Gasteiger partial charge in [0, 0.05) is 12.6 Å². The van der Waals surface area contributed by atoms with E-state index in [-0.39, 0.29) is 35.6 Å². The van der Waals surface area contributed by atoms with Gasteiger partial charge < -0.3 is 15.2 Å². The minimum absolute atomic E-state index is 0.00837. The number of thioether (sulfide) groups is 1. The quantitative estimate of drug-likeness (QED) is 0.370. The Labute approximate surface area is 204 Å². The van der Waals surface area contributed by atoms with E-state index in [1.807, 2.05) is 18.4 Å². The summed E-state index contributed by atoms with van der Waals surface area (Å²) in [6, 6.07) is 6.83. The summed E-state index contributed by atoms with van der Waals surface area (Å²) >= 11 is 7.55. The summed E-state index contributed by atoms with van der Waals surface area (Å²) in [4.78, 5) is 25.4. The zero-order chi connectivity index (χ0) is 23.8. The van der Waals surface area contributed by atoms with Crippen LogP contribution in [0.4, 0.5) is 0 Å². The molecule has 1 atom stereocenters. The van der Waals surface area contributed by atoms with Gasteiger partial charge in [-0.15, -0.1) is 16.8 Å². The molecular weight excluding hydrogens is 458 g/mol. The number of amides is 2. The van der Waals surface area contributed by atoms with E-state index in [9.17, 15) is 9.59 Å². The highest BCUT2D eigenvalue weighted by Gasteiger charge is 2.27. The van der Waals surface area contributed by atoms with Crippen molar-refractivity contribution >= 4 is 35.2 Å². The molecule has 7 nitrogen and oxygen atoms in total. The van der Waals surface area contributed by atoms with Gasteiger partial charge in [-0.25, -0.2) is 0 Å². The first-order valence-corrected chi connectivity index (χ1v) is 12.8. The molecule has 2 aromatic rings. The van der Waals surface area contributed by atoms with Gasteiger partial charge >= 0.3 is 0 Å². The van der Waals surface area contributed by atoms with Gasteiger partial charge in [0.1, 0.15) is 0 Å². The predicted molar refractivity (Wildman–Crippen MR) is 132 cm³/mol. The highest BCUT2D eigenvalue weighted by atomic mass is 35.5. The molecule has 1 aromatic carbocycles. The molecule has 178 valence electrons. The minimum Gasteiger partial charge on any atom is -0.353 e. The van der Waals surface area contributed by atoms with Crippen molar-refractivity contribution in [3.8, 4) is 0 Å². The summed E-state index contributed by atoms with van der Waals surface area (Å²) < 4.78 is 1.91. The summed E-state index contributed by atoms with van der Waals surface area (Å²) in [5.41, 5.74) is 0.411. The number of carbonyl (C=O) groups excluding carboxylic acids is 2. The molecule has 1 aromatic heterocycles. The van der Waals surface area contributed by atoms with Gasteiger partial charge in [-0.3, -0.25) is 9.59 Å². The standard InChI is InChI=1S/C24H32ClN5O2S/c1-4-14-30-22(21(16(2)3)27-23(32)18-12-8-9-13-19(18)25)28-29-24(30)33-15-20(31)26-17-10-6-5-7-11-17/h4,8-9,12-13,16-17,21H,1,5-7,10-11,14-15H2,2-3H3,(H,26,31)(H,27,32)/t21-/m1/s1. The zero-order valence-electron chi connectivity index (χ0n) is 19.2. The molecule has 33 heavy (non-hydrogen) atoms. The highest BCUT2D eigenvalue weighted by molar-refractivity contribution is 7.99. The largest absolute Gasteiger partial charge is 0.353 e. The molecule has 0 bridgehead atoms. The molecule has 0 spiro atoms. The lowest BCUT2D eigenvalue weighted by molar-refractivity contribution is -0.119. The summed E-state index contributed by atoms with van der Waals surface area (Å²) in [6.45, 7) is 8.33. The molecule has 0 aliphatic heterocycles. The maximum absolute atomic E-state index is 12.9. The van der Waals surface area contributed by atoms with Crippen molar-refractivity contribution < 1.29 is 9.59 Å². The lowest BCUT2D eigenvalue weighted by Crippen LogP contribution is -2.37. The van der Waals surface area contributed by atoms with Crippen LogP contribution < -0.4 is 10.6 Å². The predicted octanol–water partition coefficient (Wildman–Crippen LogP) is 4.79. The van der Waals surface area contributed by atoms with Gasteiger partial charge in [0.05, 0.1) is 22.4 Å². The van der Waals surface area contributed by atoms with Gasteiger partial charge in [0.2, 0.25) is 5.91 Å². The fourth-order valence-electron chi connectivity index (χ4n) is 3.98. The van der Waals surface area contributed by atoms with Gasteiger partial charge in [0.25, 0.3) is 5.91 Å². The number of hydrogen-bond acceptors (Lipinski definition) is 5. The number of allylic oxidation sites excluding steroid dienone is 1. The topological polar surface area (TPSA) is 88.9 Å². The summed E-state index contributed by atoms with van der Waals surface area (Å²) in [5, 5.41) is 15.9. The lowest BCUT2D eigenvalue weighted by atomic mass is 9.95. The Hall–Kier alpha value is -2.32. The minimum atomic E-state index is -0.383. The molecule has 2 amide bonds. The fourth-order valence-corrected chi connectivity index (χ4v) is 4.97. The van der Waals surface area contributed by atoms with Crippen molar-refractivity contribution in [3.63, 3.8) is 0 Å². The maximum Gasteiger partial charge on any atom is 0.253 e. The van der Waals surface area contributed by atoms with E-state index in [1.54, 1.807) is 30.3 Å². The van der Waals surface area contributed by atoms with Crippen LogP contribution in [-0.2, 0) is 11.3 Å². The van der Waals surface area contributed by atoms with Crippen LogP contribution in [0.3, 0.4) is 0 Å². The van der Waals surface area contributed by atoms with Gasteiger partial charge in [-0.05, 0) is 30.9 Å². The van der Waals surface area contributed by atoms with Crippen LogP contribution in [0.25, 0.3) is 0 Å². The number of benzene rings is 1. The summed E-state index contributed by atoms with van der Waals surface area (Å²) in [5.74, 6) is 0.684. The van der Waals surface area contributed by atoms with Crippen LogP contribution in [0, 0.1) is 5.92 Å². The van der Waals surface area contributed by atoms with Crippen molar-refractivity contribution in [3.05, 3.63) is 53.3 Å². The maximum atomic E-state index is 12.9. The van der Waals surface area contributed by atoms with Crippen molar-refractivity contribution in [2.45, 2.75) is 69.7 Å². The van der Waals surface area contributed by atoms with Crippen LogP contribution in [0.1, 0.15) is 68.2 Å².